The van der Waals surface area contributed by atoms with Crippen LogP contribution in [0.4, 0.5) is 124 Å². The van der Waals surface area contributed by atoms with Gasteiger partial charge in [-0.05, 0) is 12.8 Å². The summed E-state index contributed by atoms with van der Waals surface area (Å²) in [6.07, 6.45) is -24.8. The third kappa shape index (κ3) is 8.58. The Morgan fingerprint density at radius 3 is 0.722 bits per heavy atom. The van der Waals surface area contributed by atoms with Gasteiger partial charge in [-0.2, -0.15) is 114 Å². The summed E-state index contributed by atoms with van der Waals surface area (Å²) in [7, 11) is 0. The molecule has 0 saturated heterocycles. The zero-order chi connectivity index (χ0) is 44.0. The molecule has 0 aliphatic heterocycles. The molecule has 322 valence electrons. The Labute approximate surface area is 280 Å². The molecule has 0 bridgehead atoms. The van der Waals surface area contributed by atoms with Crippen LogP contribution < -0.4 is 0 Å². The third-order valence-corrected chi connectivity index (χ3v) is 6.92. The number of rotatable bonds is 19. The summed E-state index contributed by atoms with van der Waals surface area (Å²) in [6, 6.07) is 0. The van der Waals surface area contributed by atoms with E-state index >= 15 is 0 Å². The molecule has 0 spiro atoms. The van der Waals surface area contributed by atoms with Gasteiger partial charge >= 0.3 is 83.8 Å². The molecule has 0 aromatic carbocycles. The van der Waals surface area contributed by atoms with Crippen molar-refractivity contribution in [1.29, 1.82) is 0 Å². The lowest BCUT2D eigenvalue weighted by Crippen LogP contribution is -2.71. The van der Waals surface area contributed by atoms with Gasteiger partial charge in [0.15, 0.2) is 0 Å². The van der Waals surface area contributed by atoms with E-state index in [4.69, 9.17) is 10.2 Å². The van der Waals surface area contributed by atoms with Crippen LogP contribution >= 0.6 is 0 Å². The highest BCUT2D eigenvalue weighted by Gasteiger charge is 2.92. The minimum atomic E-state index is -8.31. The molecule has 0 atom stereocenters. The first-order valence-electron chi connectivity index (χ1n) is 13.2. The normalized spacial score (nSPS) is 15.4. The standard InChI is InChI=1S/C22H18F26N2O4/c23-11(24,13(27,28)15(31,32)17(35,36)19(39,40)21(43,44)45)7-49(9(51)52)5-3-1-2-4-6-50(10(53)54)8-12(25,26)14(29,30)16(33,34)18(37,38)20(41,42)22(46,47)48/h1-8H2,(H,51,52)(H,53,54). The van der Waals surface area contributed by atoms with Gasteiger partial charge in [0, 0.05) is 13.1 Å². The van der Waals surface area contributed by atoms with E-state index < -0.39 is 145 Å². The second kappa shape index (κ2) is 15.0. The topological polar surface area (TPSA) is 81.1 Å². The average Bonchev–Trinajstić information content (AvgIpc) is 2.95. The minimum Gasteiger partial charge on any atom is -0.465 e. The molecular formula is C22H18F26N2O4. The van der Waals surface area contributed by atoms with Crippen LogP contribution in [0, 0.1) is 0 Å². The number of hydrogen-bond donors (Lipinski definition) is 2. The van der Waals surface area contributed by atoms with E-state index in [2.05, 4.69) is 0 Å². The van der Waals surface area contributed by atoms with E-state index in [9.17, 15) is 124 Å². The van der Waals surface area contributed by atoms with Crippen molar-refractivity contribution in [2.75, 3.05) is 26.2 Å². The van der Waals surface area contributed by atoms with Gasteiger partial charge in [0.25, 0.3) is 0 Å². The monoisotopic (exact) mass is 868 g/mol. The molecule has 0 heterocycles. The summed E-state index contributed by atoms with van der Waals surface area (Å²) in [4.78, 5) is 20.2. The van der Waals surface area contributed by atoms with Gasteiger partial charge in [-0.15, -0.1) is 0 Å². The maximum Gasteiger partial charge on any atom is 0.460 e. The van der Waals surface area contributed by atoms with Crippen molar-refractivity contribution in [1.82, 2.24) is 9.80 Å². The van der Waals surface area contributed by atoms with Gasteiger partial charge in [0.2, 0.25) is 0 Å². The molecule has 6 nitrogen and oxygen atoms in total. The first kappa shape index (κ1) is 50.7. The van der Waals surface area contributed by atoms with Crippen LogP contribution in [0.5, 0.6) is 0 Å². The van der Waals surface area contributed by atoms with Crippen LogP contribution in [-0.4, -0.2) is 130 Å². The predicted molar refractivity (Wildman–Crippen MR) is 119 cm³/mol. The van der Waals surface area contributed by atoms with Crippen molar-refractivity contribution < 1.29 is 134 Å². The molecule has 0 aliphatic rings. The van der Waals surface area contributed by atoms with Crippen LogP contribution in [-0.2, 0) is 0 Å². The number of amides is 2. The fraction of sp³-hybridized carbons (Fsp3) is 0.909. The third-order valence-electron chi connectivity index (χ3n) is 6.92. The van der Waals surface area contributed by atoms with Crippen LogP contribution in [0.2, 0.25) is 0 Å². The van der Waals surface area contributed by atoms with E-state index in [1.165, 1.54) is 0 Å². The summed E-state index contributed by atoms with van der Waals surface area (Å²) in [5.74, 6) is -78.9. The van der Waals surface area contributed by atoms with Gasteiger partial charge in [-0.25, -0.2) is 9.59 Å². The van der Waals surface area contributed by atoms with Crippen molar-refractivity contribution in [3.8, 4) is 0 Å². The smallest absolute Gasteiger partial charge is 0.460 e. The molecule has 0 aliphatic carbocycles. The minimum absolute atomic E-state index is 0.811. The van der Waals surface area contributed by atoms with E-state index in [0.29, 0.717) is 0 Å². The first-order valence-corrected chi connectivity index (χ1v) is 13.2. The number of alkyl halides is 26. The van der Waals surface area contributed by atoms with Gasteiger partial charge in [-0.3, -0.25) is 0 Å². The summed E-state index contributed by atoms with van der Waals surface area (Å²) in [6.45, 7) is -9.90. The highest BCUT2D eigenvalue weighted by Crippen LogP contribution is 2.62. The largest absolute Gasteiger partial charge is 0.465 e. The van der Waals surface area contributed by atoms with E-state index in [0.717, 1.165) is 0 Å². The molecule has 2 N–H and O–H groups in total. The summed E-state index contributed by atoms with van der Waals surface area (Å²) in [5.41, 5.74) is 0. The second-order valence-electron chi connectivity index (χ2n) is 10.8. The van der Waals surface area contributed by atoms with Crippen molar-refractivity contribution in [2.24, 2.45) is 0 Å². The van der Waals surface area contributed by atoms with Crippen LogP contribution in [0.3, 0.4) is 0 Å². The zero-order valence-corrected chi connectivity index (χ0v) is 25.1. The molecule has 0 radical (unpaired) electrons. The molecule has 32 heteroatoms. The predicted octanol–water partition coefficient (Wildman–Crippen LogP) is 9.98. The van der Waals surface area contributed by atoms with Crippen molar-refractivity contribution in [2.45, 2.75) is 97.3 Å². The number of unbranched alkanes of at least 4 members (excludes halogenated alkanes) is 3. The highest BCUT2D eigenvalue weighted by atomic mass is 19.4. The Bertz CT molecular complexity index is 1210. The lowest BCUT2D eigenvalue weighted by molar-refractivity contribution is -0.440. The van der Waals surface area contributed by atoms with Crippen LogP contribution in [0.25, 0.3) is 0 Å². The molecule has 54 heavy (non-hydrogen) atoms. The molecule has 0 unspecified atom stereocenters. The SMILES string of the molecule is O=C(O)N(CCCCCCN(CC(F)(F)C(F)(F)C(F)(F)C(F)(F)C(F)(F)C(F)(F)F)C(=O)O)CC(F)(F)C(F)(F)C(F)(F)C(F)(F)C(F)(F)C(F)(F)F. The molecule has 0 fully saturated rings. The van der Waals surface area contributed by atoms with Crippen molar-refractivity contribution >= 4 is 12.2 Å². The lowest BCUT2D eigenvalue weighted by atomic mass is 9.93. The van der Waals surface area contributed by atoms with Gasteiger partial charge in [0.1, 0.15) is 0 Å². The number of hydrogen-bond acceptors (Lipinski definition) is 2. The van der Waals surface area contributed by atoms with Crippen molar-refractivity contribution in [3.63, 3.8) is 0 Å². The maximum atomic E-state index is 14.0. The van der Waals surface area contributed by atoms with Gasteiger partial charge < -0.3 is 20.0 Å². The Kier molecular flexibility index (Phi) is 14.1. The van der Waals surface area contributed by atoms with Gasteiger partial charge in [-0.1, -0.05) is 12.8 Å². The van der Waals surface area contributed by atoms with Crippen molar-refractivity contribution in [3.05, 3.63) is 0 Å². The van der Waals surface area contributed by atoms with Crippen LogP contribution in [0.15, 0.2) is 0 Å². The number of nitrogens with zero attached hydrogens (tertiary/aromatic N) is 2. The van der Waals surface area contributed by atoms with Crippen LogP contribution in [0.1, 0.15) is 25.7 Å². The molecule has 0 rings (SSSR count). The molecule has 2 amide bonds. The number of halogens is 26. The Morgan fingerprint density at radius 2 is 0.537 bits per heavy atom. The average molecular weight is 868 g/mol. The van der Waals surface area contributed by atoms with E-state index in [1.807, 2.05) is 0 Å². The molecule has 0 saturated carbocycles. The first-order chi connectivity index (χ1) is 23.3. The summed E-state index contributed by atoms with van der Waals surface area (Å²) >= 11 is 0. The Hall–Kier alpha value is -3.28. The number of carbonyl (C=O) groups is 2. The maximum absolute atomic E-state index is 14.0. The lowest BCUT2D eigenvalue weighted by Gasteiger charge is -2.40. The second-order valence-corrected chi connectivity index (χ2v) is 10.8. The quantitative estimate of drug-likeness (QED) is 0.100. The summed E-state index contributed by atoms with van der Waals surface area (Å²) in [5, 5.41) is 17.7. The number of carboxylic acid groups (broad SMARTS) is 2. The van der Waals surface area contributed by atoms with E-state index in [1.54, 1.807) is 0 Å². The molecular weight excluding hydrogens is 850 g/mol. The Morgan fingerprint density at radius 1 is 0.333 bits per heavy atom. The van der Waals surface area contributed by atoms with Gasteiger partial charge in [0.05, 0.1) is 13.1 Å². The molecule has 0 aromatic rings. The zero-order valence-electron chi connectivity index (χ0n) is 25.1. The Balaban J connectivity index is 5.80. The fourth-order valence-corrected chi connectivity index (χ4v) is 3.73. The highest BCUT2D eigenvalue weighted by molar-refractivity contribution is 5.65. The summed E-state index contributed by atoms with van der Waals surface area (Å²) < 4.78 is 344. The molecule has 0 aromatic heterocycles. The fourth-order valence-electron chi connectivity index (χ4n) is 3.73. The van der Waals surface area contributed by atoms with E-state index in [-0.39, 0.29) is 0 Å².